The van der Waals surface area contributed by atoms with E-state index in [4.69, 9.17) is 5.73 Å². The van der Waals surface area contributed by atoms with Gasteiger partial charge in [0.2, 0.25) is 5.91 Å². The molecule has 0 saturated carbocycles. The summed E-state index contributed by atoms with van der Waals surface area (Å²) in [6.45, 7) is 5.61. The van der Waals surface area contributed by atoms with Crippen molar-refractivity contribution in [2.24, 2.45) is 11.1 Å². The van der Waals surface area contributed by atoms with Crippen molar-refractivity contribution in [3.63, 3.8) is 0 Å². The van der Waals surface area contributed by atoms with Gasteiger partial charge in [-0.3, -0.25) is 9.59 Å². The van der Waals surface area contributed by atoms with Gasteiger partial charge in [0, 0.05) is 36.8 Å². The summed E-state index contributed by atoms with van der Waals surface area (Å²) in [4.78, 5) is 26.0. The van der Waals surface area contributed by atoms with Crippen LogP contribution in [0.2, 0.25) is 0 Å². The van der Waals surface area contributed by atoms with Crippen molar-refractivity contribution < 1.29 is 9.59 Å². The summed E-state index contributed by atoms with van der Waals surface area (Å²) >= 11 is 0. The van der Waals surface area contributed by atoms with Crippen LogP contribution in [0.15, 0.2) is 18.2 Å². The van der Waals surface area contributed by atoms with Crippen LogP contribution in [0.4, 0.5) is 5.69 Å². The van der Waals surface area contributed by atoms with Crippen LogP contribution in [0.5, 0.6) is 0 Å². The number of nitrogens with zero attached hydrogens (tertiary/aromatic N) is 1. The first-order valence-corrected chi connectivity index (χ1v) is 7.84. The van der Waals surface area contributed by atoms with E-state index in [1.165, 1.54) is 0 Å². The van der Waals surface area contributed by atoms with Gasteiger partial charge < -0.3 is 16.0 Å². The molecule has 1 saturated heterocycles. The standard InChI is InChI=1S/C17H23N3O2/c1-17(2)10-20(8-7-14(17)18)16(22)12-3-5-13-11(9-12)4-6-15(21)19-13/h3,5,9,14H,4,6-8,10,18H2,1-2H3,(H,19,21). The predicted molar refractivity (Wildman–Crippen MR) is 85.7 cm³/mol. The minimum atomic E-state index is -0.0594. The van der Waals surface area contributed by atoms with E-state index in [2.05, 4.69) is 19.2 Å². The zero-order valence-electron chi connectivity index (χ0n) is 13.2. The Morgan fingerprint density at radius 2 is 2.14 bits per heavy atom. The number of rotatable bonds is 1. The van der Waals surface area contributed by atoms with E-state index in [0.717, 1.165) is 17.7 Å². The molecular weight excluding hydrogens is 278 g/mol. The minimum absolute atomic E-state index is 0.0401. The molecule has 0 aliphatic carbocycles. The first-order chi connectivity index (χ1) is 10.4. The van der Waals surface area contributed by atoms with E-state index < -0.39 is 0 Å². The van der Waals surface area contributed by atoms with E-state index in [9.17, 15) is 9.59 Å². The van der Waals surface area contributed by atoms with E-state index in [1.807, 2.05) is 17.0 Å². The minimum Gasteiger partial charge on any atom is -0.338 e. The van der Waals surface area contributed by atoms with Gasteiger partial charge in [-0.1, -0.05) is 13.8 Å². The lowest BCUT2D eigenvalue weighted by atomic mass is 9.79. The topological polar surface area (TPSA) is 75.4 Å². The number of benzene rings is 1. The molecule has 0 spiro atoms. The summed E-state index contributed by atoms with van der Waals surface area (Å²) in [6, 6.07) is 5.68. The molecule has 2 aliphatic rings. The second kappa shape index (κ2) is 5.39. The van der Waals surface area contributed by atoms with Gasteiger partial charge in [0.15, 0.2) is 0 Å². The van der Waals surface area contributed by atoms with Crippen LogP contribution in [0.25, 0.3) is 0 Å². The molecule has 3 N–H and O–H groups in total. The molecule has 0 radical (unpaired) electrons. The molecule has 0 bridgehead atoms. The first kappa shape index (κ1) is 15.0. The van der Waals surface area contributed by atoms with Gasteiger partial charge in [-0.05, 0) is 42.0 Å². The molecule has 1 atom stereocenters. The maximum atomic E-state index is 12.7. The molecule has 3 rings (SSSR count). The molecule has 1 unspecified atom stereocenters. The molecular formula is C17H23N3O2. The molecule has 22 heavy (non-hydrogen) atoms. The predicted octanol–water partition coefficient (Wildman–Crippen LogP) is 1.77. The monoisotopic (exact) mass is 301 g/mol. The fraction of sp³-hybridized carbons (Fsp3) is 0.529. The van der Waals surface area contributed by atoms with Gasteiger partial charge in [-0.15, -0.1) is 0 Å². The van der Waals surface area contributed by atoms with Crippen molar-refractivity contribution in [3.8, 4) is 0 Å². The molecule has 1 aromatic rings. The lowest BCUT2D eigenvalue weighted by Crippen LogP contribution is -2.54. The summed E-state index contributed by atoms with van der Waals surface area (Å²) in [6.07, 6.45) is 2.01. The van der Waals surface area contributed by atoms with Gasteiger partial charge in [0.1, 0.15) is 0 Å². The quantitative estimate of drug-likeness (QED) is 0.830. The number of nitrogens with one attached hydrogen (secondary N) is 1. The fourth-order valence-electron chi connectivity index (χ4n) is 3.25. The molecule has 5 heteroatoms. The summed E-state index contributed by atoms with van der Waals surface area (Å²) in [5.74, 6) is 0.0954. The van der Waals surface area contributed by atoms with Crippen molar-refractivity contribution in [3.05, 3.63) is 29.3 Å². The fourth-order valence-corrected chi connectivity index (χ4v) is 3.25. The number of hydrogen-bond donors (Lipinski definition) is 2. The van der Waals surface area contributed by atoms with Gasteiger partial charge in [-0.25, -0.2) is 0 Å². The zero-order valence-corrected chi connectivity index (χ0v) is 13.2. The summed E-state index contributed by atoms with van der Waals surface area (Å²) in [7, 11) is 0. The molecule has 0 aromatic heterocycles. The van der Waals surface area contributed by atoms with Gasteiger partial charge >= 0.3 is 0 Å². The van der Waals surface area contributed by atoms with Crippen molar-refractivity contribution in [1.29, 1.82) is 0 Å². The Labute approximate surface area is 130 Å². The Morgan fingerprint density at radius 3 is 2.86 bits per heavy atom. The van der Waals surface area contributed by atoms with E-state index in [1.54, 1.807) is 6.07 Å². The lowest BCUT2D eigenvalue weighted by molar-refractivity contribution is -0.116. The van der Waals surface area contributed by atoms with Crippen LogP contribution in [-0.4, -0.2) is 35.8 Å². The van der Waals surface area contributed by atoms with Crippen LogP contribution in [0.3, 0.4) is 0 Å². The SMILES string of the molecule is CC1(C)CN(C(=O)c2ccc3c(c2)CCC(=O)N3)CCC1N. The summed E-state index contributed by atoms with van der Waals surface area (Å²) in [5.41, 5.74) is 8.64. The number of carbonyl (C=O) groups is 2. The number of amides is 2. The molecule has 5 nitrogen and oxygen atoms in total. The Bertz CT molecular complexity index is 624. The Balaban J connectivity index is 1.80. The van der Waals surface area contributed by atoms with E-state index in [0.29, 0.717) is 31.5 Å². The largest absolute Gasteiger partial charge is 0.338 e. The molecule has 2 aliphatic heterocycles. The highest BCUT2D eigenvalue weighted by molar-refractivity contribution is 5.98. The maximum absolute atomic E-state index is 12.7. The van der Waals surface area contributed by atoms with E-state index in [-0.39, 0.29) is 23.3 Å². The van der Waals surface area contributed by atoms with Gasteiger partial charge in [-0.2, -0.15) is 0 Å². The Kier molecular flexibility index (Phi) is 3.68. The number of fused-ring (bicyclic) bond motifs is 1. The number of hydrogen-bond acceptors (Lipinski definition) is 3. The zero-order chi connectivity index (χ0) is 15.9. The Morgan fingerprint density at radius 1 is 1.36 bits per heavy atom. The summed E-state index contributed by atoms with van der Waals surface area (Å²) in [5, 5.41) is 2.84. The molecule has 2 heterocycles. The average molecular weight is 301 g/mol. The number of carbonyl (C=O) groups excluding carboxylic acids is 2. The Hall–Kier alpha value is -1.88. The number of aryl methyl sites for hydroxylation is 1. The normalized spacial score (nSPS) is 23.7. The number of nitrogens with two attached hydrogens (primary N) is 1. The van der Waals surface area contributed by atoms with E-state index >= 15 is 0 Å². The van der Waals surface area contributed by atoms with Gasteiger partial charge in [0.25, 0.3) is 5.91 Å². The van der Waals surface area contributed by atoms with Crippen molar-refractivity contribution in [2.45, 2.75) is 39.2 Å². The highest BCUT2D eigenvalue weighted by Crippen LogP contribution is 2.29. The molecule has 1 aromatic carbocycles. The van der Waals surface area contributed by atoms with Crippen LogP contribution in [-0.2, 0) is 11.2 Å². The third kappa shape index (κ3) is 2.73. The average Bonchev–Trinajstić information content (AvgIpc) is 2.48. The number of piperidine rings is 1. The lowest BCUT2D eigenvalue weighted by Gasteiger charge is -2.42. The summed E-state index contributed by atoms with van der Waals surface area (Å²) < 4.78 is 0. The van der Waals surface area contributed by atoms with Crippen LogP contribution >= 0.6 is 0 Å². The third-order valence-electron chi connectivity index (χ3n) is 4.85. The van der Waals surface area contributed by atoms with Crippen LogP contribution < -0.4 is 11.1 Å². The second-order valence-corrected chi connectivity index (χ2v) is 7.03. The third-order valence-corrected chi connectivity index (χ3v) is 4.85. The molecule has 118 valence electrons. The maximum Gasteiger partial charge on any atom is 0.253 e. The second-order valence-electron chi connectivity index (χ2n) is 7.03. The number of anilines is 1. The van der Waals surface area contributed by atoms with Gasteiger partial charge in [0.05, 0.1) is 0 Å². The highest BCUT2D eigenvalue weighted by Gasteiger charge is 2.35. The first-order valence-electron chi connectivity index (χ1n) is 7.84. The smallest absolute Gasteiger partial charge is 0.253 e. The molecule has 2 amide bonds. The van der Waals surface area contributed by atoms with Crippen molar-refractivity contribution >= 4 is 17.5 Å². The number of likely N-dealkylation sites (tertiary alicyclic amines) is 1. The van der Waals surface area contributed by atoms with Crippen molar-refractivity contribution in [2.75, 3.05) is 18.4 Å². The highest BCUT2D eigenvalue weighted by atomic mass is 16.2. The van der Waals surface area contributed by atoms with Crippen LogP contribution in [0, 0.1) is 5.41 Å². The van der Waals surface area contributed by atoms with Crippen LogP contribution in [0.1, 0.15) is 42.6 Å². The molecule has 1 fully saturated rings. The van der Waals surface area contributed by atoms with Crippen molar-refractivity contribution in [1.82, 2.24) is 4.90 Å².